The minimum absolute atomic E-state index is 0.00269. The number of imidazole rings is 1. The van der Waals surface area contributed by atoms with Crippen molar-refractivity contribution in [3.05, 3.63) is 72.1 Å². The van der Waals surface area contributed by atoms with Crippen molar-refractivity contribution >= 4 is 39.2 Å². The minimum Gasteiger partial charge on any atom is -0.384 e. The van der Waals surface area contributed by atoms with E-state index < -0.39 is 0 Å². The van der Waals surface area contributed by atoms with Crippen LogP contribution in [-0.4, -0.2) is 21.7 Å². The molecule has 0 saturated heterocycles. The molecule has 6 nitrogen and oxygen atoms in total. The normalized spacial score (nSPS) is 10.9. The molecule has 26 heavy (non-hydrogen) atoms. The van der Waals surface area contributed by atoms with E-state index in [4.69, 9.17) is 11.1 Å². The summed E-state index contributed by atoms with van der Waals surface area (Å²) >= 11 is 0. The van der Waals surface area contributed by atoms with Gasteiger partial charge in [0.25, 0.3) is 0 Å². The highest BCUT2D eigenvalue weighted by molar-refractivity contribution is 5.98. The van der Waals surface area contributed by atoms with Gasteiger partial charge < -0.3 is 16.0 Å². The summed E-state index contributed by atoms with van der Waals surface area (Å²) in [7, 11) is 0. The third-order valence-electron chi connectivity index (χ3n) is 4.20. The summed E-state index contributed by atoms with van der Waals surface area (Å²) in [4.78, 5) is 19.9. The first-order valence-electron chi connectivity index (χ1n) is 8.20. The van der Waals surface area contributed by atoms with Crippen molar-refractivity contribution in [2.24, 2.45) is 5.73 Å². The van der Waals surface area contributed by atoms with Gasteiger partial charge in [0.2, 0.25) is 5.91 Å². The van der Waals surface area contributed by atoms with Crippen LogP contribution in [0.1, 0.15) is 11.4 Å². The van der Waals surface area contributed by atoms with Crippen molar-refractivity contribution in [1.82, 2.24) is 9.97 Å². The Hall–Kier alpha value is -3.67. The summed E-state index contributed by atoms with van der Waals surface area (Å²) in [6, 6.07) is 19.1. The van der Waals surface area contributed by atoms with Crippen LogP contribution < -0.4 is 11.1 Å². The number of amidine groups is 1. The first-order chi connectivity index (χ1) is 12.6. The van der Waals surface area contributed by atoms with E-state index in [0.29, 0.717) is 11.4 Å². The molecule has 1 heterocycles. The maximum absolute atomic E-state index is 12.3. The van der Waals surface area contributed by atoms with Crippen LogP contribution in [0.2, 0.25) is 0 Å². The number of amides is 1. The van der Waals surface area contributed by atoms with Gasteiger partial charge >= 0.3 is 0 Å². The second-order valence-electron chi connectivity index (χ2n) is 6.12. The molecule has 0 aliphatic rings. The summed E-state index contributed by atoms with van der Waals surface area (Å²) in [6.07, 6.45) is 0.136. The van der Waals surface area contributed by atoms with Crippen molar-refractivity contribution in [1.29, 1.82) is 5.41 Å². The van der Waals surface area contributed by atoms with Gasteiger partial charge in [-0.05, 0) is 41.1 Å². The number of aromatic nitrogens is 2. The van der Waals surface area contributed by atoms with Crippen molar-refractivity contribution in [2.45, 2.75) is 6.42 Å². The molecule has 0 spiro atoms. The summed E-state index contributed by atoms with van der Waals surface area (Å²) in [5.41, 5.74) is 8.37. The van der Waals surface area contributed by atoms with Crippen molar-refractivity contribution in [3.63, 3.8) is 0 Å². The summed E-state index contributed by atoms with van der Waals surface area (Å²) < 4.78 is 0. The number of nitrogen functional groups attached to an aromatic ring is 1. The number of benzene rings is 3. The lowest BCUT2D eigenvalue weighted by molar-refractivity contribution is -0.115. The number of carbonyl (C=O) groups excluding carboxylic acids is 1. The van der Waals surface area contributed by atoms with E-state index in [1.807, 2.05) is 42.5 Å². The van der Waals surface area contributed by atoms with E-state index in [-0.39, 0.29) is 18.2 Å². The van der Waals surface area contributed by atoms with Gasteiger partial charge in [0, 0.05) is 11.3 Å². The van der Waals surface area contributed by atoms with Crippen molar-refractivity contribution in [2.75, 3.05) is 5.32 Å². The molecule has 128 valence electrons. The topological polar surface area (TPSA) is 108 Å². The average Bonchev–Trinajstić information content (AvgIpc) is 3.02. The molecule has 4 rings (SSSR count). The molecule has 1 amide bonds. The number of hydrogen-bond acceptors (Lipinski definition) is 3. The summed E-state index contributed by atoms with van der Waals surface area (Å²) in [5.74, 6) is 0.419. The molecule has 0 atom stereocenters. The molecule has 5 N–H and O–H groups in total. The molecule has 6 heteroatoms. The smallest absolute Gasteiger partial charge is 0.231 e. The van der Waals surface area contributed by atoms with Gasteiger partial charge in [-0.2, -0.15) is 0 Å². The van der Waals surface area contributed by atoms with Crippen LogP contribution in [0.3, 0.4) is 0 Å². The fourth-order valence-corrected chi connectivity index (χ4v) is 2.94. The van der Waals surface area contributed by atoms with Crippen molar-refractivity contribution < 1.29 is 4.79 Å². The molecular weight excluding hydrogens is 326 g/mol. The van der Waals surface area contributed by atoms with Gasteiger partial charge in [-0.3, -0.25) is 10.2 Å². The Morgan fingerprint density at radius 3 is 2.69 bits per heavy atom. The molecule has 0 bridgehead atoms. The Labute approximate surface area is 149 Å². The number of nitrogens with one attached hydrogen (secondary N) is 3. The van der Waals surface area contributed by atoms with Crippen LogP contribution in [0.25, 0.3) is 21.8 Å². The highest BCUT2D eigenvalue weighted by Crippen LogP contribution is 2.19. The molecule has 0 fully saturated rings. The quantitative estimate of drug-likeness (QED) is 0.337. The second-order valence-corrected chi connectivity index (χ2v) is 6.12. The van der Waals surface area contributed by atoms with Gasteiger partial charge in [0.15, 0.2) is 0 Å². The van der Waals surface area contributed by atoms with Gasteiger partial charge in [0.05, 0.1) is 17.5 Å². The third-order valence-corrected chi connectivity index (χ3v) is 4.20. The molecule has 0 unspecified atom stereocenters. The molecule has 0 aliphatic carbocycles. The number of aromatic amines is 1. The maximum Gasteiger partial charge on any atom is 0.231 e. The standard InChI is InChI=1S/C20H17N5O/c21-20(22)14-6-8-16-17(10-14)25-18(24-16)11-19(26)23-15-7-5-12-3-1-2-4-13(12)9-15/h1-10H,11H2,(H3,21,22)(H,23,26)(H,24,25). The van der Waals surface area contributed by atoms with E-state index in [9.17, 15) is 4.79 Å². The predicted molar refractivity (Wildman–Crippen MR) is 103 cm³/mol. The monoisotopic (exact) mass is 343 g/mol. The van der Waals surface area contributed by atoms with Crippen LogP contribution >= 0.6 is 0 Å². The Morgan fingerprint density at radius 1 is 1.08 bits per heavy atom. The number of H-pyrrole nitrogens is 1. The first-order valence-corrected chi connectivity index (χ1v) is 8.20. The Bertz CT molecular complexity index is 1150. The maximum atomic E-state index is 12.3. The molecule has 0 radical (unpaired) electrons. The van der Waals surface area contributed by atoms with Gasteiger partial charge in [-0.25, -0.2) is 4.98 Å². The van der Waals surface area contributed by atoms with Crippen LogP contribution in [0.4, 0.5) is 5.69 Å². The number of nitrogens with zero attached hydrogens (tertiary/aromatic N) is 1. The van der Waals surface area contributed by atoms with Crippen LogP contribution in [-0.2, 0) is 11.2 Å². The molecular formula is C20H17N5O. The Kier molecular flexibility index (Phi) is 3.85. The SMILES string of the molecule is N=C(N)c1ccc2nc(CC(=O)Nc3ccc4ccccc4c3)[nH]c2c1. The lowest BCUT2D eigenvalue weighted by Crippen LogP contribution is -2.15. The largest absolute Gasteiger partial charge is 0.384 e. The van der Waals surface area contributed by atoms with E-state index >= 15 is 0 Å². The van der Waals surface area contributed by atoms with E-state index in [2.05, 4.69) is 15.3 Å². The highest BCUT2D eigenvalue weighted by atomic mass is 16.1. The second kappa shape index (κ2) is 6.33. The zero-order chi connectivity index (χ0) is 18.1. The average molecular weight is 343 g/mol. The minimum atomic E-state index is -0.147. The van der Waals surface area contributed by atoms with E-state index in [0.717, 1.165) is 27.5 Å². The molecule has 1 aromatic heterocycles. The third kappa shape index (κ3) is 3.12. The summed E-state index contributed by atoms with van der Waals surface area (Å²) in [6.45, 7) is 0. The van der Waals surface area contributed by atoms with Gasteiger partial charge in [-0.15, -0.1) is 0 Å². The lowest BCUT2D eigenvalue weighted by atomic mass is 10.1. The van der Waals surface area contributed by atoms with Crippen molar-refractivity contribution in [3.8, 4) is 0 Å². The zero-order valence-electron chi connectivity index (χ0n) is 13.9. The summed E-state index contributed by atoms with van der Waals surface area (Å²) in [5, 5.41) is 12.6. The van der Waals surface area contributed by atoms with Gasteiger partial charge in [-0.1, -0.05) is 30.3 Å². The zero-order valence-corrected chi connectivity index (χ0v) is 13.9. The Morgan fingerprint density at radius 2 is 1.88 bits per heavy atom. The molecule has 4 aromatic rings. The van der Waals surface area contributed by atoms with Crippen LogP contribution in [0.15, 0.2) is 60.7 Å². The molecule has 0 aliphatic heterocycles. The van der Waals surface area contributed by atoms with Crippen LogP contribution in [0, 0.1) is 5.41 Å². The van der Waals surface area contributed by atoms with Crippen LogP contribution in [0.5, 0.6) is 0 Å². The molecule has 0 saturated carbocycles. The number of nitrogens with two attached hydrogens (primary N) is 1. The number of anilines is 1. The number of hydrogen-bond donors (Lipinski definition) is 4. The fraction of sp³-hybridized carbons (Fsp3) is 0.0500. The number of rotatable bonds is 4. The van der Waals surface area contributed by atoms with E-state index in [1.165, 1.54) is 0 Å². The Balaban J connectivity index is 1.51. The first kappa shape index (κ1) is 15.8. The predicted octanol–water partition coefficient (Wildman–Crippen LogP) is 3.18. The fourth-order valence-electron chi connectivity index (χ4n) is 2.94. The van der Waals surface area contributed by atoms with Gasteiger partial charge in [0.1, 0.15) is 11.7 Å². The number of fused-ring (bicyclic) bond motifs is 2. The number of carbonyl (C=O) groups is 1. The van der Waals surface area contributed by atoms with E-state index in [1.54, 1.807) is 18.2 Å². The lowest BCUT2D eigenvalue weighted by Gasteiger charge is -2.05. The highest BCUT2D eigenvalue weighted by Gasteiger charge is 2.10. The molecule has 3 aromatic carbocycles.